The van der Waals surface area contributed by atoms with Gasteiger partial charge < -0.3 is 14.8 Å². The topological polar surface area (TPSA) is 92.4 Å². The largest absolute Gasteiger partial charge is 0.481 e. The smallest absolute Gasteiger partial charge is 0.417 e. The molecule has 4 aromatic rings. The lowest BCUT2D eigenvalue weighted by Gasteiger charge is -2.09. The molecule has 0 saturated heterocycles. The number of carbonyl (C=O) groups excluding carboxylic acids is 1. The highest BCUT2D eigenvalue weighted by Gasteiger charge is 2.33. The third-order valence-corrected chi connectivity index (χ3v) is 5.33. The van der Waals surface area contributed by atoms with Crippen LogP contribution in [0.5, 0.6) is 0 Å². The molecule has 1 heterocycles. The predicted octanol–water partition coefficient (Wildman–Crippen LogP) is 6.59. The number of anilines is 1. The summed E-state index contributed by atoms with van der Waals surface area (Å²) in [6.45, 7) is 0. The molecule has 3 aromatic carbocycles. The van der Waals surface area contributed by atoms with Gasteiger partial charge in [-0.2, -0.15) is 13.2 Å². The van der Waals surface area contributed by atoms with Crippen LogP contribution in [0.15, 0.2) is 65.1 Å². The molecule has 184 valence electrons. The number of amides is 1. The Morgan fingerprint density at radius 3 is 2.56 bits per heavy atom. The molecule has 0 radical (unpaired) electrons. The molecule has 11 heteroatoms. The summed E-state index contributed by atoms with van der Waals surface area (Å²) in [5, 5.41) is 10.8. The predicted molar refractivity (Wildman–Crippen MR) is 125 cm³/mol. The van der Waals surface area contributed by atoms with E-state index >= 15 is 0 Å². The zero-order chi connectivity index (χ0) is 26.0. The third-order valence-electron chi connectivity index (χ3n) is 5.00. The molecule has 0 bridgehead atoms. The molecule has 36 heavy (non-hydrogen) atoms. The number of rotatable bonds is 6. The summed E-state index contributed by atoms with van der Waals surface area (Å²) in [5.74, 6) is -2.46. The van der Waals surface area contributed by atoms with Gasteiger partial charge in [-0.05, 0) is 59.7 Å². The van der Waals surface area contributed by atoms with E-state index in [4.69, 9.17) is 21.1 Å². The standard InChI is InChI=1S/C25H15ClF4N2O4/c26-17-5-1-13(9-16(17)25(28,29)30)3-8-22(33)31-19-6-4-15(12-18(19)27)24-32-20-10-14(11-23(34)35)2-7-21(20)36-24/h1-10,12H,11H2,(H,31,33)(H,34,35)/b8-3+. The van der Waals surface area contributed by atoms with Gasteiger partial charge in [0.15, 0.2) is 5.58 Å². The zero-order valence-corrected chi connectivity index (χ0v) is 18.8. The van der Waals surface area contributed by atoms with E-state index in [-0.39, 0.29) is 29.1 Å². The lowest BCUT2D eigenvalue weighted by atomic mass is 10.1. The Labute approximate surface area is 205 Å². The maximum atomic E-state index is 14.6. The fourth-order valence-electron chi connectivity index (χ4n) is 3.34. The number of oxazole rings is 1. The molecule has 4 rings (SSSR count). The SMILES string of the molecule is O=C(O)Cc1ccc2oc(-c3ccc(NC(=O)/C=C/c4ccc(Cl)c(C(F)(F)F)c4)c(F)c3)nc2c1. The van der Waals surface area contributed by atoms with E-state index in [0.29, 0.717) is 16.7 Å². The number of hydrogen-bond donors (Lipinski definition) is 2. The summed E-state index contributed by atoms with van der Waals surface area (Å²) in [6.07, 6.45) is -2.73. The Hall–Kier alpha value is -4.18. The summed E-state index contributed by atoms with van der Waals surface area (Å²) in [5.41, 5.74) is 0.477. The molecule has 1 aromatic heterocycles. The fraction of sp³-hybridized carbons (Fsp3) is 0.0800. The summed E-state index contributed by atoms with van der Waals surface area (Å²) < 4.78 is 59.2. The highest BCUT2D eigenvalue weighted by molar-refractivity contribution is 6.31. The first kappa shape index (κ1) is 24.9. The highest BCUT2D eigenvalue weighted by Crippen LogP contribution is 2.35. The third kappa shape index (κ3) is 5.72. The van der Waals surface area contributed by atoms with Gasteiger partial charge in [0.2, 0.25) is 11.8 Å². The minimum Gasteiger partial charge on any atom is -0.481 e. The molecule has 0 saturated carbocycles. The monoisotopic (exact) mass is 518 g/mol. The number of nitrogens with one attached hydrogen (secondary N) is 1. The minimum atomic E-state index is -4.65. The van der Waals surface area contributed by atoms with Crippen molar-refractivity contribution in [2.75, 3.05) is 5.32 Å². The fourth-order valence-corrected chi connectivity index (χ4v) is 3.57. The molecule has 2 N–H and O–H groups in total. The molecule has 1 amide bonds. The number of hydrogen-bond acceptors (Lipinski definition) is 4. The molecule has 0 spiro atoms. The molecule has 0 unspecified atom stereocenters. The van der Waals surface area contributed by atoms with Gasteiger partial charge >= 0.3 is 12.1 Å². The van der Waals surface area contributed by atoms with Crippen molar-refractivity contribution in [3.63, 3.8) is 0 Å². The average Bonchev–Trinajstić information content (AvgIpc) is 3.22. The average molecular weight is 519 g/mol. The number of nitrogens with zero attached hydrogens (tertiary/aromatic N) is 1. The van der Waals surface area contributed by atoms with Crippen molar-refractivity contribution in [1.29, 1.82) is 0 Å². The van der Waals surface area contributed by atoms with Crippen LogP contribution < -0.4 is 5.32 Å². The van der Waals surface area contributed by atoms with Crippen LogP contribution in [0.4, 0.5) is 23.2 Å². The van der Waals surface area contributed by atoms with Crippen LogP contribution in [0, 0.1) is 5.82 Å². The number of carboxylic acids is 1. The summed E-state index contributed by atoms with van der Waals surface area (Å²) >= 11 is 5.58. The van der Waals surface area contributed by atoms with Crippen molar-refractivity contribution in [3.05, 3.63) is 88.2 Å². The number of halogens is 5. The maximum absolute atomic E-state index is 14.6. The molecule has 0 aliphatic carbocycles. The number of aliphatic carboxylic acids is 1. The van der Waals surface area contributed by atoms with Gasteiger partial charge in [0.25, 0.3) is 0 Å². The van der Waals surface area contributed by atoms with Crippen LogP contribution in [0.25, 0.3) is 28.6 Å². The molecule has 0 atom stereocenters. The van der Waals surface area contributed by atoms with Crippen LogP contribution in [-0.2, 0) is 22.2 Å². The van der Waals surface area contributed by atoms with Gasteiger partial charge in [-0.1, -0.05) is 23.7 Å². The van der Waals surface area contributed by atoms with Crippen LogP contribution in [0.3, 0.4) is 0 Å². The van der Waals surface area contributed by atoms with Gasteiger partial charge in [0, 0.05) is 11.6 Å². The normalized spacial score (nSPS) is 11.8. The molecule has 6 nitrogen and oxygen atoms in total. The lowest BCUT2D eigenvalue weighted by molar-refractivity contribution is -0.138. The van der Waals surface area contributed by atoms with Crippen molar-refractivity contribution in [1.82, 2.24) is 4.98 Å². The van der Waals surface area contributed by atoms with Gasteiger partial charge in [-0.15, -0.1) is 0 Å². The number of aromatic nitrogens is 1. The molecule has 0 fully saturated rings. The minimum absolute atomic E-state index is 0.0835. The van der Waals surface area contributed by atoms with E-state index < -0.39 is 34.5 Å². The van der Waals surface area contributed by atoms with Crippen LogP contribution >= 0.6 is 11.6 Å². The second-order valence-electron chi connectivity index (χ2n) is 7.65. The van der Waals surface area contributed by atoms with E-state index in [1.165, 1.54) is 18.2 Å². The highest BCUT2D eigenvalue weighted by atomic mass is 35.5. The van der Waals surface area contributed by atoms with Crippen molar-refractivity contribution < 1.29 is 36.7 Å². The van der Waals surface area contributed by atoms with Gasteiger partial charge in [-0.3, -0.25) is 9.59 Å². The Bertz CT molecular complexity index is 1510. The second kappa shape index (κ2) is 9.82. The molecule has 0 aliphatic rings. The van der Waals surface area contributed by atoms with E-state index in [1.54, 1.807) is 18.2 Å². The van der Waals surface area contributed by atoms with Crippen LogP contribution in [0.1, 0.15) is 16.7 Å². The Morgan fingerprint density at radius 1 is 1.08 bits per heavy atom. The maximum Gasteiger partial charge on any atom is 0.417 e. The number of benzene rings is 3. The van der Waals surface area contributed by atoms with Gasteiger partial charge in [-0.25, -0.2) is 9.37 Å². The Balaban J connectivity index is 1.49. The lowest BCUT2D eigenvalue weighted by Crippen LogP contribution is -2.09. The molecule has 0 aliphatic heterocycles. The van der Waals surface area contributed by atoms with Crippen molar-refractivity contribution in [2.45, 2.75) is 12.6 Å². The van der Waals surface area contributed by atoms with Crippen molar-refractivity contribution >= 4 is 46.3 Å². The quantitative estimate of drug-likeness (QED) is 0.222. The number of fused-ring (bicyclic) bond motifs is 1. The number of carboxylic acid groups (broad SMARTS) is 1. The Morgan fingerprint density at radius 2 is 1.86 bits per heavy atom. The summed E-state index contributed by atoms with van der Waals surface area (Å²) in [4.78, 5) is 27.3. The zero-order valence-electron chi connectivity index (χ0n) is 18.1. The second-order valence-corrected chi connectivity index (χ2v) is 8.05. The van der Waals surface area contributed by atoms with Crippen molar-refractivity contribution in [3.8, 4) is 11.5 Å². The van der Waals surface area contributed by atoms with E-state index in [2.05, 4.69) is 10.3 Å². The van der Waals surface area contributed by atoms with E-state index in [0.717, 1.165) is 30.4 Å². The van der Waals surface area contributed by atoms with E-state index in [1.807, 2.05) is 0 Å². The summed E-state index contributed by atoms with van der Waals surface area (Å²) in [7, 11) is 0. The molecular formula is C25H15ClF4N2O4. The summed E-state index contributed by atoms with van der Waals surface area (Å²) in [6, 6.07) is 11.7. The van der Waals surface area contributed by atoms with Crippen LogP contribution in [-0.4, -0.2) is 22.0 Å². The van der Waals surface area contributed by atoms with Crippen molar-refractivity contribution in [2.24, 2.45) is 0 Å². The first-order valence-electron chi connectivity index (χ1n) is 10.3. The number of carbonyl (C=O) groups is 2. The van der Waals surface area contributed by atoms with Crippen LogP contribution in [0.2, 0.25) is 5.02 Å². The first-order chi connectivity index (χ1) is 17.0. The Kier molecular flexibility index (Phi) is 6.80. The van der Waals surface area contributed by atoms with Gasteiger partial charge in [0.1, 0.15) is 11.3 Å². The first-order valence-corrected chi connectivity index (χ1v) is 10.6. The van der Waals surface area contributed by atoms with E-state index in [9.17, 15) is 27.2 Å². The molecular weight excluding hydrogens is 504 g/mol. The number of alkyl halides is 3. The van der Waals surface area contributed by atoms with Gasteiger partial charge in [0.05, 0.1) is 22.7 Å².